The third kappa shape index (κ3) is 3.79. The molecule has 6 heteroatoms. The minimum Gasteiger partial charge on any atom is -0.497 e. The Morgan fingerprint density at radius 1 is 1.20 bits per heavy atom. The molecule has 1 aliphatic rings. The van der Waals surface area contributed by atoms with Gasteiger partial charge in [0.15, 0.2) is 0 Å². The van der Waals surface area contributed by atoms with Gasteiger partial charge in [-0.3, -0.25) is 14.6 Å². The maximum absolute atomic E-state index is 12.7. The topological polar surface area (TPSA) is 79.7 Å². The molecule has 1 N–H and O–H groups in total. The molecule has 0 spiro atoms. The third-order valence-electron chi connectivity index (χ3n) is 4.47. The Balaban J connectivity index is 1.80. The molecule has 1 fully saturated rings. The molecule has 0 bridgehead atoms. The lowest BCUT2D eigenvalue weighted by Gasteiger charge is -2.30. The third-order valence-corrected chi connectivity index (χ3v) is 4.47. The number of hydrogen-bond donors (Lipinski definition) is 1. The molecule has 1 atom stereocenters. The predicted octanol–water partition coefficient (Wildman–Crippen LogP) is 2.69. The second-order valence-electron chi connectivity index (χ2n) is 6.12. The van der Waals surface area contributed by atoms with Crippen LogP contribution in [0.15, 0.2) is 42.7 Å². The van der Waals surface area contributed by atoms with Crippen LogP contribution in [-0.2, 0) is 4.79 Å². The summed E-state index contributed by atoms with van der Waals surface area (Å²) in [6.07, 6.45) is 4.55. The van der Waals surface area contributed by atoms with Crippen LogP contribution >= 0.6 is 0 Å². The van der Waals surface area contributed by atoms with Gasteiger partial charge in [-0.25, -0.2) is 0 Å². The van der Waals surface area contributed by atoms with Crippen LogP contribution in [0.5, 0.6) is 5.75 Å². The molecule has 2 heterocycles. The molecule has 1 unspecified atom stereocenters. The van der Waals surface area contributed by atoms with Crippen molar-refractivity contribution >= 4 is 11.9 Å². The summed E-state index contributed by atoms with van der Waals surface area (Å²) >= 11 is 0. The van der Waals surface area contributed by atoms with Crippen LogP contribution in [0.3, 0.4) is 0 Å². The fourth-order valence-electron chi connectivity index (χ4n) is 3.04. The summed E-state index contributed by atoms with van der Waals surface area (Å²) in [5, 5.41) is 9.18. The summed E-state index contributed by atoms with van der Waals surface area (Å²) in [7, 11) is 1.61. The van der Waals surface area contributed by atoms with Gasteiger partial charge in [0.2, 0.25) is 0 Å². The molecule has 0 radical (unpaired) electrons. The lowest BCUT2D eigenvalue weighted by atomic mass is 9.97. The Bertz CT molecular complexity index is 773. The molecule has 1 aromatic heterocycles. The second-order valence-corrected chi connectivity index (χ2v) is 6.12. The maximum Gasteiger partial charge on any atom is 0.308 e. The smallest absolute Gasteiger partial charge is 0.308 e. The first-order chi connectivity index (χ1) is 12.1. The number of methoxy groups -OCH3 is 1. The summed E-state index contributed by atoms with van der Waals surface area (Å²) < 4.78 is 5.15. The first-order valence-electron chi connectivity index (χ1n) is 8.20. The van der Waals surface area contributed by atoms with Crippen LogP contribution < -0.4 is 4.74 Å². The van der Waals surface area contributed by atoms with Crippen LogP contribution in [0.2, 0.25) is 0 Å². The highest BCUT2D eigenvalue weighted by molar-refractivity contribution is 5.95. The number of nitrogens with zero attached hydrogens (tertiary/aromatic N) is 2. The highest BCUT2D eigenvalue weighted by Gasteiger charge is 2.28. The van der Waals surface area contributed by atoms with Crippen molar-refractivity contribution in [2.45, 2.75) is 12.8 Å². The van der Waals surface area contributed by atoms with Crippen molar-refractivity contribution in [1.82, 2.24) is 9.88 Å². The van der Waals surface area contributed by atoms with E-state index in [0.29, 0.717) is 24.9 Å². The van der Waals surface area contributed by atoms with E-state index < -0.39 is 11.9 Å². The van der Waals surface area contributed by atoms with Gasteiger partial charge >= 0.3 is 5.97 Å². The lowest BCUT2D eigenvalue weighted by Crippen LogP contribution is -2.42. The number of carboxylic acids is 1. The standard InChI is InChI=1S/C19H20N2O4/c1-25-17-6-4-13(5-7-17)15-9-16(11-20-10-15)18(22)21-8-2-3-14(12-21)19(23)24/h4-7,9-11,14H,2-3,8,12H2,1H3,(H,23,24). The number of piperidine rings is 1. The Labute approximate surface area is 146 Å². The number of aromatic nitrogens is 1. The molecule has 0 saturated carbocycles. The van der Waals surface area contributed by atoms with Crippen molar-refractivity contribution < 1.29 is 19.4 Å². The summed E-state index contributed by atoms with van der Waals surface area (Å²) in [6, 6.07) is 9.32. The zero-order valence-corrected chi connectivity index (χ0v) is 14.0. The van der Waals surface area contributed by atoms with E-state index in [1.807, 2.05) is 24.3 Å². The molecule has 1 aliphatic heterocycles. The van der Waals surface area contributed by atoms with Gasteiger partial charge in [-0.05, 0) is 36.6 Å². The van der Waals surface area contributed by atoms with Gasteiger partial charge in [0.05, 0.1) is 18.6 Å². The summed E-state index contributed by atoms with van der Waals surface area (Å²) in [6.45, 7) is 0.830. The van der Waals surface area contributed by atoms with E-state index in [4.69, 9.17) is 4.74 Å². The Hall–Kier alpha value is -2.89. The SMILES string of the molecule is COc1ccc(-c2cncc(C(=O)N3CCCC(C(=O)O)C3)c2)cc1. The van der Waals surface area contributed by atoms with Gasteiger partial charge in [0.1, 0.15) is 5.75 Å². The number of carbonyl (C=O) groups excluding carboxylic acids is 1. The Morgan fingerprint density at radius 3 is 2.64 bits per heavy atom. The van der Waals surface area contributed by atoms with Crippen molar-refractivity contribution in [3.63, 3.8) is 0 Å². The number of benzene rings is 1. The second kappa shape index (κ2) is 7.34. The first-order valence-corrected chi connectivity index (χ1v) is 8.20. The first kappa shape index (κ1) is 17.0. The van der Waals surface area contributed by atoms with Gasteiger partial charge in [-0.2, -0.15) is 0 Å². The summed E-state index contributed by atoms with van der Waals surface area (Å²) in [5.74, 6) is -0.746. The highest BCUT2D eigenvalue weighted by atomic mass is 16.5. The van der Waals surface area contributed by atoms with Crippen LogP contribution in [0, 0.1) is 5.92 Å². The van der Waals surface area contributed by atoms with Crippen LogP contribution in [0.1, 0.15) is 23.2 Å². The van der Waals surface area contributed by atoms with E-state index in [1.165, 1.54) is 6.20 Å². The number of pyridine rings is 1. The minimum absolute atomic E-state index is 0.172. The normalized spacial score (nSPS) is 17.2. The van der Waals surface area contributed by atoms with E-state index in [2.05, 4.69) is 4.98 Å². The number of likely N-dealkylation sites (tertiary alicyclic amines) is 1. The molecule has 3 rings (SSSR count). The van der Waals surface area contributed by atoms with E-state index in [-0.39, 0.29) is 12.5 Å². The zero-order chi connectivity index (χ0) is 17.8. The van der Waals surface area contributed by atoms with E-state index in [9.17, 15) is 14.7 Å². The molecular weight excluding hydrogens is 320 g/mol. The number of rotatable bonds is 4. The van der Waals surface area contributed by atoms with Crippen molar-refractivity contribution in [3.8, 4) is 16.9 Å². The molecule has 2 aromatic rings. The quantitative estimate of drug-likeness (QED) is 0.926. The molecule has 0 aliphatic carbocycles. The number of amides is 1. The molecule has 130 valence electrons. The van der Waals surface area contributed by atoms with Gasteiger partial charge in [0, 0.05) is 31.0 Å². The maximum atomic E-state index is 12.7. The van der Waals surface area contributed by atoms with Crippen LogP contribution in [-0.4, -0.2) is 47.1 Å². The number of ether oxygens (including phenoxy) is 1. The average Bonchev–Trinajstić information content (AvgIpc) is 2.67. The minimum atomic E-state index is -0.845. The number of carboxylic acid groups (broad SMARTS) is 1. The molecular formula is C19H20N2O4. The van der Waals surface area contributed by atoms with E-state index >= 15 is 0 Å². The van der Waals surface area contributed by atoms with Crippen molar-refractivity contribution in [2.75, 3.05) is 20.2 Å². The number of carbonyl (C=O) groups is 2. The number of hydrogen-bond acceptors (Lipinski definition) is 4. The van der Waals surface area contributed by atoms with Gasteiger partial charge in [0.25, 0.3) is 5.91 Å². The predicted molar refractivity (Wildman–Crippen MR) is 92.5 cm³/mol. The fourth-order valence-corrected chi connectivity index (χ4v) is 3.04. The summed E-state index contributed by atoms with van der Waals surface area (Å²) in [4.78, 5) is 29.7. The van der Waals surface area contributed by atoms with Crippen molar-refractivity contribution in [2.24, 2.45) is 5.92 Å². The van der Waals surface area contributed by atoms with Crippen molar-refractivity contribution in [3.05, 3.63) is 48.3 Å². The van der Waals surface area contributed by atoms with E-state index in [0.717, 1.165) is 16.9 Å². The number of aliphatic carboxylic acids is 1. The molecule has 1 aromatic carbocycles. The van der Waals surface area contributed by atoms with Gasteiger partial charge < -0.3 is 14.7 Å². The van der Waals surface area contributed by atoms with Gasteiger partial charge in [-0.15, -0.1) is 0 Å². The largest absolute Gasteiger partial charge is 0.497 e. The molecule has 6 nitrogen and oxygen atoms in total. The molecule has 1 saturated heterocycles. The molecule has 25 heavy (non-hydrogen) atoms. The lowest BCUT2D eigenvalue weighted by molar-refractivity contribution is -0.143. The summed E-state index contributed by atoms with van der Waals surface area (Å²) in [5.41, 5.74) is 2.24. The Morgan fingerprint density at radius 2 is 1.96 bits per heavy atom. The highest BCUT2D eigenvalue weighted by Crippen LogP contribution is 2.24. The Kier molecular flexibility index (Phi) is 4.97. The van der Waals surface area contributed by atoms with Gasteiger partial charge in [-0.1, -0.05) is 12.1 Å². The van der Waals surface area contributed by atoms with E-state index in [1.54, 1.807) is 24.3 Å². The zero-order valence-electron chi connectivity index (χ0n) is 14.0. The molecule has 1 amide bonds. The fraction of sp³-hybridized carbons (Fsp3) is 0.316. The van der Waals surface area contributed by atoms with Crippen LogP contribution in [0.4, 0.5) is 0 Å². The van der Waals surface area contributed by atoms with Crippen LogP contribution in [0.25, 0.3) is 11.1 Å². The van der Waals surface area contributed by atoms with Crippen molar-refractivity contribution in [1.29, 1.82) is 0 Å². The monoisotopic (exact) mass is 340 g/mol. The average molecular weight is 340 g/mol.